The molecule has 2 unspecified atom stereocenters. The number of benzene rings is 1. The number of rotatable bonds is 0. The fourth-order valence-electron chi connectivity index (χ4n) is 3.57. The van der Waals surface area contributed by atoms with Crippen molar-refractivity contribution in [3.63, 3.8) is 0 Å². The molecule has 1 heterocycles. The van der Waals surface area contributed by atoms with Crippen LogP contribution in [0.1, 0.15) is 48.5 Å². The maximum atomic E-state index is 10.5. The first-order valence-corrected chi connectivity index (χ1v) is 6.77. The zero-order valence-corrected chi connectivity index (χ0v) is 11.1. The molecule has 1 fully saturated rings. The lowest BCUT2D eigenvalue weighted by Gasteiger charge is -2.44. The fourth-order valence-corrected chi connectivity index (χ4v) is 3.57. The predicted molar refractivity (Wildman–Crippen MR) is 70.7 cm³/mol. The van der Waals surface area contributed by atoms with Crippen molar-refractivity contribution in [1.82, 2.24) is 0 Å². The molecule has 0 bridgehead atoms. The summed E-state index contributed by atoms with van der Waals surface area (Å²) in [5.41, 5.74) is 9.04. The third-order valence-corrected chi connectivity index (χ3v) is 4.50. The van der Waals surface area contributed by atoms with Gasteiger partial charge in [0.05, 0.1) is 6.04 Å². The van der Waals surface area contributed by atoms with E-state index >= 15 is 0 Å². The number of nitrogens with two attached hydrogens (primary N) is 1. The van der Waals surface area contributed by atoms with Gasteiger partial charge in [0.25, 0.3) is 0 Å². The van der Waals surface area contributed by atoms with Crippen molar-refractivity contribution in [3.8, 4) is 5.75 Å². The Morgan fingerprint density at radius 1 is 1.28 bits per heavy atom. The normalized spacial score (nSPS) is 29.1. The number of aryl methyl sites for hydroxylation is 2. The van der Waals surface area contributed by atoms with Crippen molar-refractivity contribution in [2.24, 2.45) is 5.73 Å². The van der Waals surface area contributed by atoms with Gasteiger partial charge in [-0.2, -0.15) is 0 Å². The number of hydrogen-bond donors (Lipinski definition) is 2. The minimum absolute atomic E-state index is 0.311. The lowest BCUT2D eigenvalue weighted by molar-refractivity contribution is -0.0319. The summed E-state index contributed by atoms with van der Waals surface area (Å²) in [6.07, 6.45) is 3.59. The second-order valence-electron chi connectivity index (χ2n) is 5.84. The Kier molecular flexibility index (Phi) is 2.65. The Hall–Kier alpha value is -1.06. The van der Waals surface area contributed by atoms with Gasteiger partial charge in [0.15, 0.2) is 0 Å². The number of aliphatic hydroxyl groups is 1. The van der Waals surface area contributed by atoms with Crippen LogP contribution in [0.25, 0.3) is 0 Å². The van der Waals surface area contributed by atoms with Crippen LogP contribution in [0.2, 0.25) is 0 Å². The molecule has 1 aliphatic heterocycles. The Bertz CT molecular complexity index is 478. The number of aliphatic hydroxyl groups excluding tert-OH is 1. The van der Waals surface area contributed by atoms with Gasteiger partial charge in [-0.25, -0.2) is 0 Å². The third-order valence-electron chi connectivity index (χ3n) is 4.50. The molecule has 98 valence electrons. The molecule has 1 aliphatic carbocycles. The summed E-state index contributed by atoms with van der Waals surface area (Å²) in [5.74, 6) is 0.837. The summed E-state index contributed by atoms with van der Waals surface area (Å²) in [6, 6.07) is 3.79. The van der Waals surface area contributed by atoms with Gasteiger partial charge in [0.1, 0.15) is 17.5 Å². The van der Waals surface area contributed by atoms with E-state index in [0.717, 1.165) is 42.6 Å². The molecule has 18 heavy (non-hydrogen) atoms. The molecule has 3 nitrogen and oxygen atoms in total. The summed E-state index contributed by atoms with van der Waals surface area (Å²) < 4.78 is 6.24. The molecular weight excluding hydrogens is 226 g/mol. The first kappa shape index (κ1) is 12.0. The molecule has 3 heteroatoms. The first-order chi connectivity index (χ1) is 8.53. The molecule has 0 aromatic heterocycles. The fraction of sp³-hybridized carbons (Fsp3) is 0.600. The highest BCUT2D eigenvalue weighted by Crippen LogP contribution is 2.47. The molecule has 3 rings (SSSR count). The van der Waals surface area contributed by atoms with Crippen LogP contribution in [0, 0.1) is 13.8 Å². The average molecular weight is 247 g/mol. The highest BCUT2D eigenvalue weighted by molar-refractivity contribution is 5.47. The highest BCUT2D eigenvalue weighted by Gasteiger charge is 2.49. The van der Waals surface area contributed by atoms with Crippen LogP contribution in [0.3, 0.4) is 0 Å². The molecule has 1 aromatic carbocycles. The number of hydrogen-bond acceptors (Lipinski definition) is 3. The molecule has 0 amide bonds. The van der Waals surface area contributed by atoms with Crippen LogP contribution in [0.5, 0.6) is 5.75 Å². The minimum atomic E-state index is -0.604. The van der Waals surface area contributed by atoms with Gasteiger partial charge < -0.3 is 15.6 Å². The number of fused-ring (bicyclic) bond motifs is 1. The molecule has 1 aromatic rings. The second kappa shape index (κ2) is 3.97. The van der Waals surface area contributed by atoms with Crippen molar-refractivity contribution < 1.29 is 9.84 Å². The van der Waals surface area contributed by atoms with Crippen LogP contribution in [-0.2, 0) is 0 Å². The zero-order chi connectivity index (χ0) is 12.9. The van der Waals surface area contributed by atoms with Crippen molar-refractivity contribution in [3.05, 3.63) is 28.8 Å². The Morgan fingerprint density at radius 3 is 2.61 bits per heavy atom. The van der Waals surface area contributed by atoms with Crippen molar-refractivity contribution in [2.45, 2.75) is 57.3 Å². The predicted octanol–water partition coefficient (Wildman–Crippen LogP) is 2.37. The van der Waals surface area contributed by atoms with Crippen LogP contribution in [-0.4, -0.2) is 16.7 Å². The maximum Gasteiger partial charge on any atom is 0.127 e. The Labute approximate surface area is 108 Å². The quantitative estimate of drug-likeness (QED) is 0.740. The lowest BCUT2D eigenvalue weighted by Crippen LogP contribution is -2.56. The van der Waals surface area contributed by atoms with Gasteiger partial charge in [-0.1, -0.05) is 6.07 Å². The third kappa shape index (κ3) is 1.57. The second-order valence-corrected chi connectivity index (χ2v) is 5.84. The minimum Gasteiger partial charge on any atom is -0.485 e. The standard InChI is InChI=1S/C15H21NO2/c1-9-7-10(2)12-11(8-9)18-15(5-3-4-6-15)14(16)13(12)17/h7-8,13-14,17H,3-6,16H2,1-2H3. The molecular formula is C15H21NO2. The van der Waals surface area contributed by atoms with Gasteiger partial charge >= 0.3 is 0 Å². The monoisotopic (exact) mass is 247 g/mol. The van der Waals surface area contributed by atoms with E-state index in [2.05, 4.69) is 13.0 Å². The molecule has 2 atom stereocenters. The number of ether oxygens (including phenoxy) is 1. The van der Waals surface area contributed by atoms with E-state index in [1.54, 1.807) is 0 Å². The largest absolute Gasteiger partial charge is 0.485 e. The molecule has 1 saturated carbocycles. The maximum absolute atomic E-state index is 10.5. The Morgan fingerprint density at radius 2 is 1.94 bits per heavy atom. The summed E-state index contributed by atoms with van der Waals surface area (Å²) in [4.78, 5) is 0. The molecule has 0 saturated heterocycles. The van der Waals surface area contributed by atoms with Gasteiger partial charge in [-0.3, -0.25) is 0 Å². The van der Waals surface area contributed by atoms with Gasteiger partial charge in [-0.05, 0) is 56.7 Å². The Balaban J connectivity index is 2.11. The van der Waals surface area contributed by atoms with E-state index in [0.29, 0.717) is 0 Å². The average Bonchev–Trinajstić information content (AvgIpc) is 2.74. The summed E-state index contributed by atoms with van der Waals surface area (Å²) in [7, 11) is 0. The smallest absolute Gasteiger partial charge is 0.127 e. The van der Waals surface area contributed by atoms with E-state index < -0.39 is 6.10 Å². The SMILES string of the molecule is Cc1cc(C)c2c(c1)OC1(CCCC1)C(N)C2O. The van der Waals surface area contributed by atoms with E-state index in [-0.39, 0.29) is 11.6 Å². The van der Waals surface area contributed by atoms with E-state index in [9.17, 15) is 5.11 Å². The first-order valence-electron chi connectivity index (χ1n) is 6.77. The van der Waals surface area contributed by atoms with Crippen LogP contribution < -0.4 is 10.5 Å². The molecule has 3 N–H and O–H groups in total. The van der Waals surface area contributed by atoms with Gasteiger partial charge in [0.2, 0.25) is 0 Å². The van der Waals surface area contributed by atoms with Crippen molar-refractivity contribution in [2.75, 3.05) is 0 Å². The van der Waals surface area contributed by atoms with Crippen LogP contribution >= 0.6 is 0 Å². The van der Waals surface area contributed by atoms with E-state index in [1.165, 1.54) is 5.56 Å². The van der Waals surface area contributed by atoms with E-state index in [1.807, 2.05) is 13.0 Å². The van der Waals surface area contributed by atoms with E-state index in [4.69, 9.17) is 10.5 Å². The summed E-state index contributed by atoms with van der Waals surface area (Å²) in [6.45, 7) is 4.07. The highest BCUT2D eigenvalue weighted by atomic mass is 16.5. The van der Waals surface area contributed by atoms with Gasteiger partial charge in [-0.15, -0.1) is 0 Å². The molecule has 1 spiro atoms. The molecule has 0 radical (unpaired) electrons. The van der Waals surface area contributed by atoms with Gasteiger partial charge in [0, 0.05) is 5.56 Å². The van der Waals surface area contributed by atoms with Crippen LogP contribution in [0.15, 0.2) is 12.1 Å². The lowest BCUT2D eigenvalue weighted by atomic mass is 9.81. The van der Waals surface area contributed by atoms with Crippen LogP contribution in [0.4, 0.5) is 0 Å². The summed E-state index contributed by atoms with van der Waals surface area (Å²) >= 11 is 0. The zero-order valence-electron chi connectivity index (χ0n) is 11.1. The summed E-state index contributed by atoms with van der Waals surface area (Å²) in [5, 5.41) is 10.5. The van der Waals surface area contributed by atoms with Crippen molar-refractivity contribution in [1.29, 1.82) is 0 Å². The topological polar surface area (TPSA) is 55.5 Å². The molecule has 2 aliphatic rings. The van der Waals surface area contributed by atoms with Crippen molar-refractivity contribution >= 4 is 0 Å².